The normalized spacial score (nSPS) is 21.2. The van der Waals surface area contributed by atoms with Gasteiger partial charge in [-0.25, -0.2) is 0 Å². The summed E-state index contributed by atoms with van der Waals surface area (Å²) in [7, 11) is 0. The molecule has 1 aliphatic rings. The van der Waals surface area contributed by atoms with Gasteiger partial charge in [-0.05, 0) is 0 Å². The molecule has 3 rings (SSSR count). The number of benzene rings is 1. The zero-order valence-electron chi connectivity index (χ0n) is 12.2. The monoisotopic (exact) mass is 338 g/mol. The van der Waals surface area contributed by atoms with Crippen LogP contribution >= 0.6 is 0 Å². The Kier molecular flexibility index (Phi) is 4.39. The summed E-state index contributed by atoms with van der Waals surface area (Å²) >= 11 is 0.0536. The Balaban J connectivity index is 1.70. The second-order valence-corrected chi connectivity index (χ2v) is 6.95. The number of aromatic nitrogens is 2. The van der Waals surface area contributed by atoms with Crippen LogP contribution in [0.4, 0.5) is 5.69 Å². The number of nitrogens with one attached hydrogen (secondary N) is 1. The molecule has 1 aromatic heterocycles. The van der Waals surface area contributed by atoms with Gasteiger partial charge >= 0.3 is 126 Å². The Morgan fingerprint density at radius 1 is 1.25 bits per heavy atom. The van der Waals surface area contributed by atoms with Crippen molar-refractivity contribution >= 4 is 31.7 Å². The van der Waals surface area contributed by atoms with Crippen molar-refractivity contribution in [3.63, 3.8) is 0 Å². The first-order chi connectivity index (χ1) is 9.74. The van der Waals surface area contributed by atoms with Crippen molar-refractivity contribution in [2.75, 3.05) is 18.4 Å². The minimum absolute atomic E-state index is 0.0536. The molecule has 0 spiro atoms. The number of nitrogens with zero attached hydrogens (tertiary/aromatic N) is 3. The molecule has 5 heteroatoms. The van der Waals surface area contributed by atoms with E-state index in [2.05, 4.69) is 50.2 Å². The number of rotatable bonds is 3. The van der Waals surface area contributed by atoms with E-state index in [1.54, 1.807) is 0 Å². The summed E-state index contributed by atoms with van der Waals surface area (Å²) in [6.45, 7) is 7.00. The Labute approximate surface area is 126 Å². The molecule has 1 aliphatic heterocycles. The summed E-state index contributed by atoms with van der Waals surface area (Å²) in [6.07, 6.45) is 3.73. The van der Waals surface area contributed by atoms with Gasteiger partial charge in [-0.3, -0.25) is 0 Å². The number of hydrogen-bond acceptors (Lipinski definition) is 4. The van der Waals surface area contributed by atoms with Gasteiger partial charge in [-0.1, -0.05) is 0 Å². The van der Waals surface area contributed by atoms with E-state index in [4.69, 9.17) is 0 Å². The van der Waals surface area contributed by atoms with Gasteiger partial charge in [0.15, 0.2) is 0 Å². The second-order valence-electron chi connectivity index (χ2n) is 5.84. The van der Waals surface area contributed by atoms with Crippen molar-refractivity contribution < 1.29 is 0 Å². The molecule has 20 heavy (non-hydrogen) atoms. The third-order valence-electron chi connectivity index (χ3n) is 4.14. The topological polar surface area (TPSA) is 41.0 Å². The SMILES string of the molecule is CC(C)N1CCCC(Nc2cccc3n[se]nc23)CC1. The van der Waals surface area contributed by atoms with Crippen LogP contribution in [0.2, 0.25) is 0 Å². The first kappa shape index (κ1) is 14.1. The third-order valence-corrected chi connectivity index (χ3v) is 5.28. The fourth-order valence-electron chi connectivity index (χ4n) is 2.92. The van der Waals surface area contributed by atoms with E-state index in [0.717, 1.165) is 11.0 Å². The van der Waals surface area contributed by atoms with Gasteiger partial charge in [-0.15, -0.1) is 0 Å². The molecule has 0 amide bonds. The Morgan fingerprint density at radius 3 is 3.00 bits per heavy atom. The van der Waals surface area contributed by atoms with E-state index < -0.39 is 0 Å². The van der Waals surface area contributed by atoms with E-state index in [1.807, 2.05) is 0 Å². The van der Waals surface area contributed by atoms with Crippen LogP contribution < -0.4 is 5.32 Å². The summed E-state index contributed by atoms with van der Waals surface area (Å²) in [6, 6.07) is 7.51. The molecule has 0 bridgehead atoms. The van der Waals surface area contributed by atoms with Crippen molar-refractivity contribution in [2.45, 2.75) is 45.2 Å². The quantitative estimate of drug-likeness (QED) is 0.873. The van der Waals surface area contributed by atoms with Crippen LogP contribution in [0, 0.1) is 0 Å². The average Bonchev–Trinajstić information content (AvgIpc) is 2.79. The molecule has 2 aromatic rings. The molecule has 1 saturated heterocycles. The van der Waals surface area contributed by atoms with E-state index in [1.165, 1.54) is 38.0 Å². The molecule has 1 unspecified atom stereocenters. The predicted octanol–water partition coefficient (Wildman–Crippen LogP) is 2.36. The number of fused-ring (bicyclic) bond motifs is 1. The van der Waals surface area contributed by atoms with Gasteiger partial charge < -0.3 is 0 Å². The van der Waals surface area contributed by atoms with Gasteiger partial charge in [0.05, 0.1) is 0 Å². The van der Waals surface area contributed by atoms with Gasteiger partial charge in [0.1, 0.15) is 0 Å². The van der Waals surface area contributed by atoms with Gasteiger partial charge in [0.2, 0.25) is 0 Å². The van der Waals surface area contributed by atoms with Crippen LogP contribution in [0.1, 0.15) is 33.1 Å². The Hall–Kier alpha value is -0.901. The van der Waals surface area contributed by atoms with Crippen LogP contribution in [0.15, 0.2) is 18.2 Å². The summed E-state index contributed by atoms with van der Waals surface area (Å²) in [5, 5.41) is 3.71. The molecule has 1 fully saturated rings. The average molecular weight is 337 g/mol. The van der Waals surface area contributed by atoms with Crippen molar-refractivity contribution in [3.05, 3.63) is 18.2 Å². The predicted molar refractivity (Wildman–Crippen MR) is 84.4 cm³/mol. The van der Waals surface area contributed by atoms with Crippen LogP contribution in [0.3, 0.4) is 0 Å². The van der Waals surface area contributed by atoms with E-state index in [0.29, 0.717) is 12.1 Å². The van der Waals surface area contributed by atoms with Crippen molar-refractivity contribution in [3.8, 4) is 0 Å². The minimum atomic E-state index is 0.0536. The molecular weight excluding hydrogens is 315 g/mol. The zero-order valence-corrected chi connectivity index (χ0v) is 13.9. The molecule has 1 N–H and O–H groups in total. The first-order valence-corrected chi connectivity index (χ1v) is 8.99. The molecular formula is C15H22N4Se. The van der Waals surface area contributed by atoms with Crippen molar-refractivity contribution in [1.29, 1.82) is 0 Å². The third kappa shape index (κ3) is 3.05. The first-order valence-electron chi connectivity index (χ1n) is 7.46. The van der Waals surface area contributed by atoms with Gasteiger partial charge in [0.25, 0.3) is 0 Å². The van der Waals surface area contributed by atoms with Crippen LogP contribution in [0.5, 0.6) is 0 Å². The molecule has 1 aromatic carbocycles. The Morgan fingerprint density at radius 2 is 2.15 bits per heavy atom. The molecule has 0 radical (unpaired) electrons. The van der Waals surface area contributed by atoms with Gasteiger partial charge in [-0.2, -0.15) is 0 Å². The molecule has 108 valence electrons. The zero-order chi connectivity index (χ0) is 13.9. The van der Waals surface area contributed by atoms with E-state index >= 15 is 0 Å². The van der Waals surface area contributed by atoms with Crippen LogP contribution in [0.25, 0.3) is 11.0 Å². The fraction of sp³-hybridized carbons (Fsp3) is 0.600. The Bertz CT molecular complexity index is 566. The summed E-state index contributed by atoms with van der Waals surface area (Å²) in [4.78, 5) is 2.58. The standard InChI is InChI=1S/C15H22N4Se/c1-11(2)19-9-4-5-12(8-10-19)16-13-6-3-7-14-15(13)18-20-17-14/h3,6-7,11-12,16H,4-5,8-10H2,1-2H3. The second kappa shape index (κ2) is 6.25. The molecule has 1 atom stereocenters. The van der Waals surface area contributed by atoms with Crippen LogP contribution in [-0.2, 0) is 0 Å². The molecule has 0 saturated carbocycles. The summed E-state index contributed by atoms with van der Waals surface area (Å²) < 4.78 is 9.01. The molecule has 4 nitrogen and oxygen atoms in total. The fourth-order valence-corrected chi connectivity index (χ4v) is 4.08. The van der Waals surface area contributed by atoms with E-state index in [9.17, 15) is 0 Å². The molecule has 2 heterocycles. The molecule has 0 aliphatic carbocycles. The summed E-state index contributed by atoms with van der Waals surface area (Å²) in [5.41, 5.74) is 3.32. The van der Waals surface area contributed by atoms with Crippen molar-refractivity contribution in [2.24, 2.45) is 0 Å². The van der Waals surface area contributed by atoms with E-state index in [-0.39, 0.29) is 15.0 Å². The maximum absolute atomic E-state index is 4.55. The maximum atomic E-state index is 4.55. The van der Waals surface area contributed by atoms with Crippen LogP contribution in [-0.4, -0.2) is 53.0 Å². The van der Waals surface area contributed by atoms with Gasteiger partial charge in [0, 0.05) is 0 Å². The number of anilines is 1. The number of likely N-dealkylation sites (tertiary alicyclic amines) is 1. The summed E-state index contributed by atoms with van der Waals surface area (Å²) in [5.74, 6) is 0. The van der Waals surface area contributed by atoms with Crippen molar-refractivity contribution in [1.82, 2.24) is 12.9 Å². The number of hydrogen-bond donors (Lipinski definition) is 1.